The number of benzene rings is 2. The first-order chi connectivity index (χ1) is 18.3. The fourth-order valence-corrected chi connectivity index (χ4v) is 5.55. The lowest BCUT2D eigenvalue weighted by atomic mass is 9.95. The Morgan fingerprint density at radius 1 is 1.03 bits per heavy atom. The van der Waals surface area contributed by atoms with Crippen molar-refractivity contribution in [3.8, 4) is 11.3 Å². The van der Waals surface area contributed by atoms with Crippen molar-refractivity contribution in [1.82, 2.24) is 4.57 Å². The summed E-state index contributed by atoms with van der Waals surface area (Å²) in [5, 5.41) is 0.553. The lowest BCUT2D eigenvalue weighted by Gasteiger charge is -2.24. The Morgan fingerprint density at radius 3 is 2.42 bits per heavy atom. The summed E-state index contributed by atoms with van der Waals surface area (Å²) in [6.07, 6.45) is 1.64. The number of halogens is 1. The fraction of sp³-hybridized carbons (Fsp3) is 0.143. The number of methoxy groups -OCH3 is 2. The summed E-state index contributed by atoms with van der Waals surface area (Å²) < 4.78 is 17.6. The van der Waals surface area contributed by atoms with E-state index in [9.17, 15) is 14.4 Å². The highest BCUT2D eigenvalue weighted by Crippen LogP contribution is 2.31. The molecule has 0 fully saturated rings. The van der Waals surface area contributed by atoms with Crippen LogP contribution in [0.25, 0.3) is 17.4 Å². The molecule has 2 aromatic carbocycles. The van der Waals surface area contributed by atoms with Gasteiger partial charge >= 0.3 is 11.9 Å². The van der Waals surface area contributed by atoms with Gasteiger partial charge in [-0.15, -0.1) is 0 Å². The lowest BCUT2D eigenvalue weighted by molar-refractivity contribution is -0.136. The third kappa shape index (κ3) is 4.51. The SMILES string of the molecule is COC(=O)C1=C(C)N=c2s/c(=C\c3ccc(-c4ccccc4Cl)o3)c(=O)n2C1c1ccc(C(=O)OC)cc1. The summed E-state index contributed by atoms with van der Waals surface area (Å²) in [4.78, 5) is 43.4. The van der Waals surface area contributed by atoms with E-state index in [0.29, 0.717) is 42.7 Å². The second-order valence-corrected chi connectivity index (χ2v) is 9.79. The lowest BCUT2D eigenvalue weighted by Crippen LogP contribution is -2.39. The summed E-state index contributed by atoms with van der Waals surface area (Å²) in [5.74, 6) is -0.0527. The minimum Gasteiger partial charge on any atom is -0.466 e. The molecule has 0 amide bonds. The number of carbonyl (C=O) groups excluding carboxylic acids is 2. The van der Waals surface area contributed by atoms with E-state index in [0.717, 1.165) is 5.56 Å². The number of hydrogen-bond acceptors (Lipinski definition) is 8. The van der Waals surface area contributed by atoms with Crippen molar-refractivity contribution in [2.45, 2.75) is 13.0 Å². The first-order valence-electron chi connectivity index (χ1n) is 11.5. The van der Waals surface area contributed by atoms with Crippen LogP contribution in [-0.2, 0) is 14.3 Å². The van der Waals surface area contributed by atoms with Crippen molar-refractivity contribution in [1.29, 1.82) is 0 Å². The molecule has 1 atom stereocenters. The normalized spacial score (nSPS) is 15.2. The van der Waals surface area contributed by atoms with Gasteiger partial charge in [0.25, 0.3) is 5.56 Å². The summed E-state index contributed by atoms with van der Waals surface area (Å²) in [7, 11) is 2.57. The maximum atomic E-state index is 13.7. The van der Waals surface area contributed by atoms with Crippen molar-refractivity contribution in [3.63, 3.8) is 0 Å². The molecule has 2 aromatic heterocycles. The molecule has 0 spiro atoms. The van der Waals surface area contributed by atoms with Crippen LogP contribution in [0.4, 0.5) is 0 Å². The van der Waals surface area contributed by atoms with Gasteiger partial charge in [-0.05, 0) is 48.9 Å². The minimum atomic E-state index is -0.803. The van der Waals surface area contributed by atoms with Crippen LogP contribution in [0, 0.1) is 0 Å². The van der Waals surface area contributed by atoms with E-state index in [1.807, 2.05) is 18.2 Å². The molecule has 4 aromatic rings. The summed E-state index contributed by atoms with van der Waals surface area (Å²) in [6.45, 7) is 1.70. The van der Waals surface area contributed by atoms with Crippen LogP contribution in [-0.4, -0.2) is 30.7 Å². The Kier molecular flexibility index (Phi) is 6.88. The highest BCUT2D eigenvalue weighted by molar-refractivity contribution is 7.07. The van der Waals surface area contributed by atoms with Crippen molar-refractivity contribution in [2.24, 2.45) is 4.99 Å². The quantitative estimate of drug-likeness (QED) is 0.348. The zero-order chi connectivity index (χ0) is 27.0. The zero-order valence-corrected chi connectivity index (χ0v) is 22.1. The maximum Gasteiger partial charge on any atom is 0.338 e. The van der Waals surface area contributed by atoms with Gasteiger partial charge in [-0.3, -0.25) is 9.36 Å². The molecule has 1 aliphatic heterocycles. The fourth-order valence-electron chi connectivity index (χ4n) is 4.29. The van der Waals surface area contributed by atoms with Crippen molar-refractivity contribution < 1.29 is 23.5 Å². The van der Waals surface area contributed by atoms with Gasteiger partial charge in [-0.2, -0.15) is 0 Å². The van der Waals surface area contributed by atoms with Crippen LogP contribution >= 0.6 is 22.9 Å². The molecule has 10 heteroatoms. The van der Waals surface area contributed by atoms with E-state index in [1.54, 1.807) is 55.5 Å². The number of rotatable bonds is 5. The van der Waals surface area contributed by atoms with Crippen LogP contribution in [0.3, 0.4) is 0 Å². The van der Waals surface area contributed by atoms with E-state index >= 15 is 0 Å². The molecule has 0 bridgehead atoms. The third-order valence-electron chi connectivity index (χ3n) is 6.11. The first-order valence-corrected chi connectivity index (χ1v) is 12.7. The van der Waals surface area contributed by atoms with Crippen LogP contribution in [0.1, 0.15) is 34.6 Å². The largest absolute Gasteiger partial charge is 0.466 e. The highest BCUT2D eigenvalue weighted by atomic mass is 35.5. The predicted molar refractivity (Wildman–Crippen MR) is 143 cm³/mol. The third-order valence-corrected chi connectivity index (χ3v) is 7.43. The monoisotopic (exact) mass is 548 g/mol. The molecule has 8 nitrogen and oxygen atoms in total. The molecular weight excluding hydrogens is 528 g/mol. The topological polar surface area (TPSA) is 100 Å². The van der Waals surface area contributed by atoms with Crippen LogP contribution in [0.2, 0.25) is 5.02 Å². The number of furan rings is 1. The number of aromatic nitrogens is 1. The average Bonchev–Trinajstić information content (AvgIpc) is 3.51. The first kappa shape index (κ1) is 25.4. The molecule has 0 aliphatic carbocycles. The standard InChI is InChI=1S/C28H21ClN2O6S/c1-15-23(27(34)36-3)24(16-8-10-17(11-9-16)26(33)35-2)31-25(32)22(38-28(31)30-15)14-18-12-13-21(37-18)19-6-4-5-7-20(19)29/h4-14,24H,1-3H3/b22-14-. The molecule has 0 radical (unpaired) electrons. The van der Waals surface area contributed by atoms with Crippen LogP contribution < -0.4 is 14.9 Å². The van der Waals surface area contributed by atoms with Crippen molar-refractivity contribution in [2.75, 3.05) is 14.2 Å². The Hall–Kier alpha value is -4.21. The number of carbonyl (C=O) groups is 2. The summed E-state index contributed by atoms with van der Waals surface area (Å²) in [5.41, 5.74) is 2.02. The number of nitrogens with zero attached hydrogens (tertiary/aromatic N) is 2. The number of ether oxygens (including phenoxy) is 2. The second kappa shape index (κ2) is 10.3. The van der Waals surface area contributed by atoms with Crippen LogP contribution in [0.15, 0.2) is 86.1 Å². The Balaban J connectivity index is 1.63. The smallest absolute Gasteiger partial charge is 0.338 e. The molecule has 38 heavy (non-hydrogen) atoms. The van der Waals surface area contributed by atoms with Crippen molar-refractivity contribution >= 4 is 41.0 Å². The van der Waals surface area contributed by atoms with Gasteiger partial charge in [0.05, 0.1) is 46.7 Å². The summed E-state index contributed by atoms with van der Waals surface area (Å²) in [6, 6.07) is 16.6. The van der Waals surface area contributed by atoms with Gasteiger partial charge in [0.15, 0.2) is 4.80 Å². The Labute approximate surface area is 225 Å². The van der Waals surface area contributed by atoms with Gasteiger partial charge in [0, 0.05) is 11.6 Å². The molecule has 3 heterocycles. The number of esters is 2. The maximum absolute atomic E-state index is 13.7. The Bertz CT molecular complexity index is 1780. The van der Waals surface area contributed by atoms with E-state index in [-0.39, 0.29) is 11.1 Å². The molecule has 0 saturated carbocycles. The highest BCUT2D eigenvalue weighted by Gasteiger charge is 2.33. The van der Waals surface area contributed by atoms with Crippen molar-refractivity contribution in [3.05, 3.63) is 114 Å². The van der Waals surface area contributed by atoms with E-state index in [2.05, 4.69) is 4.99 Å². The zero-order valence-electron chi connectivity index (χ0n) is 20.6. The average molecular weight is 549 g/mol. The second-order valence-electron chi connectivity index (χ2n) is 8.37. The minimum absolute atomic E-state index is 0.233. The van der Waals surface area contributed by atoms with Gasteiger partial charge in [0.1, 0.15) is 11.5 Å². The number of hydrogen-bond donors (Lipinski definition) is 0. The molecule has 0 saturated heterocycles. The summed E-state index contributed by atoms with van der Waals surface area (Å²) >= 11 is 7.48. The van der Waals surface area contributed by atoms with Gasteiger partial charge < -0.3 is 13.9 Å². The molecule has 1 aliphatic rings. The van der Waals surface area contributed by atoms with Gasteiger partial charge in [-0.1, -0.05) is 47.2 Å². The molecule has 5 rings (SSSR count). The molecule has 0 N–H and O–H groups in total. The molecule has 1 unspecified atom stereocenters. The van der Waals surface area contributed by atoms with Gasteiger partial charge in [0.2, 0.25) is 0 Å². The molecular formula is C28H21ClN2O6S. The predicted octanol–water partition coefficient (Wildman–Crippen LogP) is 4.11. The number of thiazole rings is 1. The van der Waals surface area contributed by atoms with E-state index < -0.39 is 18.0 Å². The number of allylic oxidation sites excluding steroid dienone is 1. The van der Waals surface area contributed by atoms with Crippen LogP contribution in [0.5, 0.6) is 0 Å². The Morgan fingerprint density at radius 2 is 1.74 bits per heavy atom. The molecule has 192 valence electrons. The number of fused-ring (bicyclic) bond motifs is 1. The van der Waals surface area contributed by atoms with Gasteiger partial charge in [-0.25, -0.2) is 14.6 Å². The van der Waals surface area contributed by atoms with E-state index in [4.69, 9.17) is 25.5 Å². The van der Waals surface area contributed by atoms with E-state index in [1.165, 1.54) is 30.1 Å².